The molecule has 0 saturated carbocycles. The molecule has 0 radical (unpaired) electrons. The van der Waals surface area contributed by atoms with E-state index in [2.05, 4.69) is 57.1 Å². The summed E-state index contributed by atoms with van der Waals surface area (Å²) in [6.45, 7) is 2.14. The highest BCUT2D eigenvalue weighted by Gasteiger charge is 2.03. The second-order valence-electron chi connectivity index (χ2n) is 3.97. The molecule has 0 aliphatic carbocycles. The monoisotopic (exact) mass is 322 g/mol. The molecule has 18 heavy (non-hydrogen) atoms. The molecule has 0 atom stereocenters. The molecular weight excluding hydrogens is 308 g/mol. The number of aryl methyl sites for hydroxylation is 1. The van der Waals surface area contributed by atoms with Gasteiger partial charge in [0.25, 0.3) is 0 Å². The molecule has 0 unspecified atom stereocenters. The lowest BCUT2D eigenvalue weighted by Crippen LogP contribution is -1.96. The SMILES string of the molecule is CCCc1nc(Br)cc(SCc2ccccc2)n1. The van der Waals surface area contributed by atoms with Gasteiger partial charge in [0.15, 0.2) is 0 Å². The first-order valence-electron chi connectivity index (χ1n) is 5.98. The Bertz CT molecular complexity index is 502. The van der Waals surface area contributed by atoms with Crippen molar-refractivity contribution in [2.75, 3.05) is 0 Å². The van der Waals surface area contributed by atoms with E-state index in [-0.39, 0.29) is 0 Å². The summed E-state index contributed by atoms with van der Waals surface area (Å²) in [6, 6.07) is 12.4. The van der Waals surface area contributed by atoms with Crippen molar-refractivity contribution in [2.45, 2.75) is 30.5 Å². The van der Waals surface area contributed by atoms with Gasteiger partial charge in [-0.25, -0.2) is 9.97 Å². The molecule has 0 bridgehead atoms. The Morgan fingerprint density at radius 1 is 1.17 bits per heavy atom. The highest BCUT2D eigenvalue weighted by molar-refractivity contribution is 9.10. The molecule has 0 amide bonds. The van der Waals surface area contributed by atoms with Gasteiger partial charge in [-0.1, -0.05) is 37.3 Å². The molecule has 0 saturated heterocycles. The van der Waals surface area contributed by atoms with Crippen molar-refractivity contribution in [1.29, 1.82) is 0 Å². The predicted octanol–water partition coefficient (Wildman–Crippen LogP) is 4.48. The average Bonchev–Trinajstić information content (AvgIpc) is 2.37. The average molecular weight is 323 g/mol. The van der Waals surface area contributed by atoms with Crippen LogP contribution in [0.5, 0.6) is 0 Å². The molecule has 0 spiro atoms. The number of rotatable bonds is 5. The van der Waals surface area contributed by atoms with Gasteiger partial charge in [0, 0.05) is 18.2 Å². The number of benzene rings is 1. The first kappa shape index (κ1) is 13.6. The summed E-state index contributed by atoms with van der Waals surface area (Å²) in [5, 5.41) is 1.03. The standard InChI is InChI=1S/C14H15BrN2S/c1-2-6-13-16-12(15)9-14(17-13)18-10-11-7-4-3-5-8-11/h3-5,7-9H,2,6,10H2,1H3. The fourth-order valence-electron chi connectivity index (χ4n) is 1.58. The van der Waals surface area contributed by atoms with Crippen LogP contribution in [-0.2, 0) is 12.2 Å². The van der Waals surface area contributed by atoms with E-state index in [4.69, 9.17) is 0 Å². The number of halogens is 1. The quantitative estimate of drug-likeness (QED) is 0.599. The zero-order valence-corrected chi connectivity index (χ0v) is 12.7. The zero-order chi connectivity index (χ0) is 12.8. The topological polar surface area (TPSA) is 25.8 Å². The molecule has 2 rings (SSSR count). The van der Waals surface area contributed by atoms with E-state index in [1.165, 1.54) is 5.56 Å². The molecule has 1 aromatic heterocycles. The lowest BCUT2D eigenvalue weighted by atomic mass is 10.2. The summed E-state index contributed by atoms with van der Waals surface area (Å²) in [7, 11) is 0. The van der Waals surface area contributed by atoms with Crippen molar-refractivity contribution in [1.82, 2.24) is 9.97 Å². The molecule has 0 N–H and O–H groups in total. The van der Waals surface area contributed by atoms with Crippen molar-refractivity contribution in [3.63, 3.8) is 0 Å². The Morgan fingerprint density at radius 2 is 1.94 bits per heavy atom. The molecule has 2 aromatic rings. The van der Waals surface area contributed by atoms with Crippen LogP contribution in [-0.4, -0.2) is 9.97 Å². The van der Waals surface area contributed by atoms with E-state index in [9.17, 15) is 0 Å². The van der Waals surface area contributed by atoms with Crippen LogP contribution in [0.15, 0.2) is 46.0 Å². The molecule has 94 valence electrons. The number of aromatic nitrogens is 2. The number of hydrogen-bond donors (Lipinski definition) is 0. The van der Waals surface area contributed by atoms with Gasteiger partial charge in [0.05, 0.1) is 0 Å². The molecule has 0 aliphatic rings. The van der Waals surface area contributed by atoms with Crippen LogP contribution < -0.4 is 0 Å². The van der Waals surface area contributed by atoms with Gasteiger partial charge < -0.3 is 0 Å². The summed E-state index contributed by atoms with van der Waals surface area (Å²) < 4.78 is 0.872. The van der Waals surface area contributed by atoms with Crippen molar-refractivity contribution in [3.05, 3.63) is 52.4 Å². The van der Waals surface area contributed by atoms with Gasteiger partial charge in [-0.2, -0.15) is 0 Å². The predicted molar refractivity (Wildman–Crippen MR) is 79.7 cm³/mol. The highest BCUT2D eigenvalue weighted by Crippen LogP contribution is 2.23. The Morgan fingerprint density at radius 3 is 2.67 bits per heavy atom. The summed E-state index contributed by atoms with van der Waals surface area (Å²) >= 11 is 5.19. The Hall–Kier alpha value is -0.870. The summed E-state index contributed by atoms with van der Waals surface area (Å²) in [5.74, 6) is 1.86. The van der Waals surface area contributed by atoms with E-state index in [1.54, 1.807) is 11.8 Å². The first-order valence-corrected chi connectivity index (χ1v) is 7.76. The second kappa shape index (κ2) is 6.90. The number of nitrogens with zero attached hydrogens (tertiary/aromatic N) is 2. The van der Waals surface area contributed by atoms with E-state index >= 15 is 0 Å². The largest absolute Gasteiger partial charge is 0.227 e. The van der Waals surface area contributed by atoms with Crippen molar-refractivity contribution < 1.29 is 0 Å². The molecule has 4 heteroatoms. The summed E-state index contributed by atoms with van der Waals surface area (Å²) in [6.07, 6.45) is 2.00. The maximum absolute atomic E-state index is 4.56. The van der Waals surface area contributed by atoms with Gasteiger partial charge >= 0.3 is 0 Å². The van der Waals surface area contributed by atoms with Crippen molar-refractivity contribution in [3.8, 4) is 0 Å². The Balaban J connectivity index is 2.05. The van der Waals surface area contributed by atoms with Crippen LogP contribution in [0, 0.1) is 0 Å². The number of thioether (sulfide) groups is 1. The first-order chi connectivity index (χ1) is 8.78. The molecule has 0 fully saturated rings. The van der Waals surface area contributed by atoms with Crippen LogP contribution in [0.2, 0.25) is 0 Å². The third kappa shape index (κ3) is 4.10. The van der Waals surface area contributed by atoms with Crippen LogP contribution in [0.3, 0.4) is 0 Å². The van der Waals surface area contributed by atoms with Crippen molar-refractivity contribution in [2.24, 2.45) is 0 Å². The molecule has 2 nitrogen and oxygen atoms in total. The van der Waals surface area contributed by atoms with E-state index in [0.717, 1.165) is 34.0 Å². The van der Waals surface area contributed by atoms with E-state index < -0.39 is 0 Å². The fourth-order valence-corrected chi connectivity index (χ4v) is 3.03. The maximum Gasteiger partial charge on any atom is 0.130 e. The van der Waals surface area contributed by atoms with Crippen molar-refractivity contribution >= 4 is 27.7 Å². The van der Waals surface area contributed by atoms with Gasteiger partial charge in [-0.05, 0) is 27.9 Å². The van der Waals surface area contributed by atoms with E-state index in [1.807, 2.05) is 12.1 Å². The fraction of sp³-hybridized carbons (Fsp3) is 0.286. The summed E-state index contributed by atoms with van der Waals surface area (Å²) in [5.41, 5.74) is 1.31. The molecule has 1 aromatic carbocycles. The maximum atomic E-state index is 4.56. The zero-order valence-electron chi connectivity index (χ0n) is 10.3. The minimum absolute atomic E-state index is 0.872. The van der Waals surface area contributed by atoms with Gasteiger partial charge in [-0.3, -0.25) is 0 Å². The Kier molecular flexibility index (Phi) is 5.20. The second-order valence-corrected chi connectivity index (χ2v) is 5.78. The van der Waals surface area contributed by atoms with Crippen LogP contribution in [0.4, 0.5) is 0 Å². The summed E-state index contributed by atoms with van der Waals surface area (Å²) in [4.78, 5) is 8.93. The normalized spacial score (nSPS) is 10.6. The van der Waals surface area contributed by atoms with Gasteiger partial charge in [-0.15, -0.1) is 11.8 Å². The highest BCUT2D eigenvalue weighted by atomic mass is 79.9. The minimum Gasteiger partial charge on any atom is -0.227 e. The smallest absolute Gasteiger partial charge is 0.130 e. The third-order valence-corrected chi connectivity index (χ3v) is 3.81. The molecular formula is C14H15BrN2S. The third-order valence-electron chi connectivity index (χ3n) is 2.42. The molecule has 0 aliphatic heterocycles. The van der Waals surface area contributed by atoms with Crippen LogP contribution in [0.25, 0.3) is 0 Å². The molecule has 1 heterocycles. The van der Waals surface area contributed by atoms with Gasteiger partial charge in [0.1, 0.15) is 15.5 Å². The van der Waals surface area contributed by atoms with Gasteiger partial charge in [0.2, 0.25) is 0 Å². The van der Waals surface area contributed by atoms with Crippen LogP contribution in [0.1, 0.15) is 24.7 Å². The lowest BCUT2D eigenvalue weighted by molar-refractivity contribution is 0.803. The minimum atomic E-state index is 0.872. The number of hydrogen-bond acceptors (Lipinski definition) is 3. The van der Waals surface area contributed by atoms with Crippen LogP contribution >= 0.6 is 27.7 Å². The Labute approximate surface area is 120 Å². The van der Waals surface area contributed by atoms with E-state index in [0.29, 0.717) is 0 Å². The lowest BCUT2D eigenvalue weighted by Gasteiger charge is -2.04.